The number of hydrogen-bond acceptors (Lipinski definition) is 8. The molecule has 29 heavy (non-hydrogen) atoms. The van der Waals surface area contributed by atoms with E-state index in [9.17, 15) is 0 Å². The average molecular weight is 557 g/mol. The highest BCUT2D eigenvalue weighted by molar-refractivity contribution is 6.93. The lowest BCUT2D eigenvalue weighted by Crippen LogP contribution is -2.61. The molecule has 180 valence electrons. The maximum Gasteiger partial charge on any atom is 0.318 e. The van der Waals surface area contributed by atoms with Crippen LogP contribution in [0.4, 0.5) is 0 Å². The van der Waals surface area contributed by atoms with Crippen molar-refractivity contribution in [2.45, 2.75) is 87.8 Å². The van der Waals surface area contributed by atoms with Crippen molar-refractivity contribution in [1.29, 1.82) is 0 Å². The second kappa shape index (κ2) is 14.5. The van der Waals surface area contributed by atoms with Crippen molar-refractivity contribution in [2.75, 3.05) is 0 Å². The van der Waals surface area contributed by atoms with Crippen molar-refractivity contribution in [3.05, 3.63) is 0 Å². The van der Waals surface area contributed by atoms with Gasteiger partial charge in [0.1, 0.15) is 0 Å². The number of rotatable bonds is 2. The molecule has 2 fully saturated rings. The first kappa shape index (κ1) is 35.0. The summed E-state index contributed by atoms with van der Waals surface area (Å²) in [6.45, 7) is 16.5. The fourth-order valence-corrected chi connectivity index (χ4v) is 38.3. The van der Waals surface area contributed by atoms with Crippen LogP contribution in [0.15, 0.2) is 0 Å². The summed E-state index contributed by atoms with van der Waals surface area (Å²) in [6, 6.07) is 0. The van der Waals surface area contributed by atoms with Crippen LogP contribution in [-0.2, 0) is 32.9 Å². The Kier molecular flexibility index (Phi) is 17.6. The predicted molar refractivity (Wildman–Crippen MR) is 142 cm³/mol. The highest BCUT2D eigenvalue weighted by Crippen LogP contribution is 2.29. The quantitative estimate of drug-likeness (QED) is 0.480. The molecule has 0 spiro atoms. The molecule has 2 aliphatic heterocycles. The Balaban J connectivity index is -0.00000169. The zero-order valence-corrected chi connectivity index (χ0v) is 25.4. The normalized spacial score (nSPS) is 43.4. The van der Waals surface area contributed by atoms with Gasteiger partial charge in [-0.2, -0.15) is 0 Å². The zero-order chi connectivity index (χ0) is 18.8. The molecule has 0 radical (unpaired) electrons. The van der Waals surface area contributed by atoms with E-state index >= 15 is 0 Å². The van der Waals surface area contributed by atoms with Gasteiger partial charge in [-0.3, -0.25) is 0 Å². The van der Waals surface area contributed by atoms with Crippen LogP contribution in [0.5, 0.6) is 0 Å². The second-order valence-corrected chi connectivity index (χ2v) is 27.8. The van der Waals surface area contributed by atoms with Gasteiger partial charge in [0.2, 0.25) is 0 Å². The van der Waals surface area contributed by atoms with Crippen molar-refractivity contribution in [2.24, 2.45) is 0 Å². The van der Waals surface area contributed by atoms with Gasteiger partial charge in [-0.15, -0.1) is 0 Å². The third-order valence-electron chi connectivity index (χ3n) is 3.84. The summed E-state index contributed by atoms with van der Waals surface area (Å²) in [5.41, 5.74) is 0.703. The summed E-state index contributed by atoms with van der Waals surface area (Å²) in [5, 5.41) is 0. The Labute approximate surface area is 193 Å². The first-order valence-electron chi connectivity index (χ1n) is 8.82. The Morgan fingerprint density at radius 3 is 0.862 bits per heavy atom. The van der Waals surface area contributed by atoms with Gasteiger partial charge in [0.05, 0.1) is 0 Å². The highest BCUT2D eigenvalue weighted by Gasteiger charge is 2.50. The standard InChI is InChI=1S/C9H32O8Si8.4CH4/c1-18-10-20(3)14-24(7,15-21(4)11-18)9-25(8)16-22(5)12-19(2)13-23(6)17-25;;;;/h18-23H,9H2,1-8H3;4*1H4. The van der Waals surface area contributed by atoms with Gasteiger partial charge in [0.25, 0.3) is 55.7 Å². The van der Waals surface area contributed by atoms with Crippen LogP contribution in [0.2, 0.25) is 58.0 Å². The third-order valence-corrected chi connectivity index (χ3v) is 34.5. The largest absolute Gasteiger partial charge is 0.420 e. The first-order valence-corrected chi connectivity index (χ1v) is 26.4. The van der Waals surface area contributed by atoms with E-state index in [0.717, 1.165) is 0 Å². The fraction of sp³-hybridized carbons (Fsp3) is 1.00. The Morgan fingerprint density at radius 1 is 0.448 bits per heavy atom. The minimum absolute atomic E-state index is 0. The average Bonchev–Trinajstić information content (AvgIpc) is 2.31. The molecule has 8 nitrogen and oxygen atoms in total. The van der Waals surface area contributed by atoms with Gasteiger partial charge in [0, 0.05) is 5.67 Å². The SMILES string of the molecule is C.C.C.C.C[SiH]1O[SiH](C)O[Si](C)(C[Si]2(C)O[SiH](C)O[SiH](C)O[SiH](C)O2)O[SiH](C)O1. The van der Waals surface area contributed by atoms with Crippen LogP contribution in [0.3, 0.4) is 0 Å². The molecule has 16 heteroatoms. The topological polar surface area (TPSA) is 73.8 Å². The van der Waals surface area contributed by atoms with Crippen molar-refractivity contribution in [1.82, 2.24) is 0 Å². The molecule has 0 aromatic heterocycles. The summed E-state index contributed by atoms with van der Waals surface area (Å²) >= 11 is 0. The summed E-state index contributed by atoms with van der Waals surface area (Å²) in [6.07, 6.45) is 0. The lowest BCUT2D eigenvalue weighted by Gasteiger charge is -2.43. The molecule has 4 unspecified atom stereocenters. The zero-order valence-electron chi connectivity index (χ0n) is 16.4. The molecule has 4 atom stereocenters. The number of hydrogen-bond donors (Lipinski definition) is 0. The lowest BCUT2D eigenvalue weighted by atomic mass is 11.8. The molecule has 0 saturated carbocycles. The summed E-state index contributed by atoms with van der Waals surface area (Å²) < 4.78 is 49.7. The summed E-state index contributed by atoms with van der Waals surface area (Å²) in [7, 11) is -15.3. The smallest absolute Gasteiger partial charge is 0.318 e. The molecule has 0 amide bonds. The predicted octanol–water partition coefficient (Wildman–Crippen LogP) is 2.48. The van der Waals surface area contributed by atoms with Crippen molar-refractivity contribution < 1.29 is 32.9 Å². The van der Waals surface area contributed by atoms with Crippen LogP contribution in [0.25, 0.3) is 0 Å². The molecule has 2 heterocycles. The minimum Gasteiger partial charge on any atom is -0.420 e. The molecule has 0 N–H and O–H groups in total. The molecule has 2 saturated heterocycles. The molecule has 0 aromatic rings. The second-order valence-electron chi connectivity index (χ2n) is 6.87. The molecule has 0 bridgehead atoms. The van der Waals surface area contributed by atoms with E-state index in [1.165, 1.54) is 0 Å². The maximum atomic E-state index is 6.41. The molecule has 2 rings (SSSR count). The van der Waals surface area contributed by atoms with Crippen LogP contribution in [0, 0.1) is 0 Å². The molecule has 0 aliphatic carbocycles. The van der Waals surface area contributed by atoms with Crippen LogP contribution >= 0.6 is 0 Å². The minimum atomic E-state index is -2.50. The van der Waals surface area contributed by atoms with E-state index in [4.69, 9.17) is 32.9 Å². The van der Waals surface area contributed by atoms with Crippen LogP contribution in [-0.4, -0.2) is 72.8 Å². The van der Waals surface area contributed by atoms with Crippen molar-refractivity contribution in [3.8, 4) is 0 Å². The third kappa shape index (κ3) is 11.7. The van der Waals surface area contributed by atoms with Gasteiger partial charge >= 0.3 is 17.1 Å². The highest BCUT2D eigenvalue weighted by atomic mass is 28.5. The van der Waals surface area contributed by atoms with Gasteiger partial charge in [-0.1, -0.05) is 29.7 Å². The lowest BCUT2D eigenvalue weighted by molar-refractivity contribution is 0.262. The van der Waals surface area contributed by atoms with Gasteiger partial charge in [0.15, 0.2) is 0 Å². The van der Waals surface area contributed by atoms with E-state index in [2.05, 4.69) is 39.3 Å². The molecular weight excluding hydrogens is 509 g/mol. The first-order chi connectivity index (χ1) is 11.5. The van der Waals surface area contributed by atoms with Gasteiger partial charge in [-0.25, -0.2) is 0 Å². The summed E-state index contributed by atoms with van der Waals surface area (Å²) in [5.74, 6) is 0. The van der Waals surface area contributed by atoms with Gasteiger partial charge in [-0.05, 0) is 52.4 Å². The van der Waals surface area contributed by atoms with E-state index in [1.807, 2.05) is 13.1 Å². The van der Waals surface area contributed by atoms with Gasteiger partial charge < -0.3 is 32.9 Å². The van der Waals surface area contributed by atoms with Crippen molar-refractivity contribution in [3.63, 3.8) is 0 Å². The monoisotopic (exact) mass is 556 g/mol. The van der Waals surface area contributed by atoms with E-state index < -0.39 is 72.8 Å². The van der Waals surface area contributed by atoms with Crippen LogP contribution < -0.4 is 0 Å². The van der Waals surface area contributed by atoms with E-state index in [0.29, 0.717) is 5.67 Å². The maximum absolute atomic E-state index is 6.41. The van der Waals surface area contributed by atoms with E-state index in [1.54, 1.807) is 0 Å². The Hall–Kier alpha value is 1.42. The Morgan fingerprint density at radius 2 is 0.655 bits per heavy atom. The van der Waals surface area contributed by atoms with E-state index in [-0.39, 0.29) is 29.7 Å². The summed E-state index contributed by atoms with van der Waals surface area (Å²) in [4.78, 5) is 0. The molecule has 0 aromatic carbocycles. The molecule has 2 aliphatic rings. The van der Waals surface area contributed by atoms with Crippen LogP contribution in [0.1, 0.15) is 29.7 Å². The van der Waals surface area contributed by atoms with Crippen molar-refractivity contribution >= 4 is 72.8 Å². The Bertz CT molecular complexity index is 387. The molecular formula is C13H48O8Si8. The fourth-order valence-electron chi connectivity index (χ4n) is 3.46.